The van der Waals surface area contributed by atoms with Crippen LogP contribution in [0.15, 0.2) is 18.2 Å². The molecule has 1 amide bonds. The first-order chi connectivity index (χ1) is 7.54. The molecule has 5 heteroatoms. The van der Waals surface area contributed by atoms with Crippen molar-refractivity contribution in [1.29, 1.82) is 0 Å². The van der Waals surface area contributed by atoms with E-state index in [1.807, 2.05) is 0 Å². The Morgan fingerprint density at radius 1 is 1.56 bits per heavy atom. The molecule has 0 spiro atoms. The molecule has 0 radical (unpaired) electrons. The molecule has 0 N–H and O–H groups in total. The molecule has 0 saturated heterocycles. The van der Waals surface area contributed by atoms with E-state index >= 15 is 0 Å². The summed E-state index contributed by atoms with van der Waals surface area (Å²) in [7, 11) is 2.96. The molecule has 1 aromatic rings. The molecule has 0 aliphatic carbocycles. The Hall–Kier alpha value is -1.29. The molecule has 3 nitrogen and oxygen atoms in total. The summed E-state index contributed by atoms with van der Waals surface area (Å²) in [4.78, 5) is 12.5. The van der Waals surface area contributed by atoms with Crippen LogP contribution in [-0.2, 0) is 11.2 Å². The van der Waals surface area contributed by atoms with Crippen molar-refractivity contribution in [1.82, 2.24) is 4.90 Å². The van der Waals surface area contributed by atoms with Crippen molar-refractivity contribution in [3.8, 4) is 0 Å². The van der Waals surface area contributed by atoms with Gasteiger partial charge in [0.25, 0.3) is 0 Å². The number of rotatable bonds is 3. The first-order valence-corrected chi connectivity index (χ1v) is 5.15. The van der Waals surface area contributed by atoms with Gasteiger partial charge in [0.15, 0.2) is 0 Å². The molecule has 0 aliphatic heterocycles. The summed E-state index contributed by atoms with van der Waals surface area (Å²) in [6, 6.07) is 4.52. The van der Waals surface area contributed by atoms with Crippen LogP contribution >= 0.6 is 11.6 Å². The van der Waals surface area contributed by atoms with Gasteiger partial charge in [-0.3, -0.25) is 0 Å². The predicted octanol–water partition coefficient (Wildman–Crippen LogP) is 2.72. The molecular formula is C11H13ClFNO2. The Morgan fingerprint density at radius 2 is 2.25 bits per heavy atom. The second-order valence-corrected chi connectivity index (χ2v) is 3.80. The number of carbonyl (C=O) groups excluding carboxylic acids is 1. The van der Waals surface area contributed by atoms with E-state index in [0.717, 1.165) is 5.56 Å². The van der Waals surface area contributed by atoms with Crippen molar-refractivity contribution < 1.29 is 13.9 Å². The van der Waals surface area contributed by atoms with Crippen molar-refractivity contribution in [3.63, 3.8) is 0 Å². The van der Waals surface area contributed by atoms with Gasteiger partial charge in [-0.1, -0.05) is 17.7 Å². The second-order valence-electron chi connectivity index (χ2n) is 3.39. The number of nitrogens with zero attached hydrogens (tertiary/aromatic N) is 1. The molecule has 0 atom stereocenters. The third kappa shape index (κ3) is 3.38. The molecule has 16 heavy (non-hydrogen) atoms. The molecule has 1 aromatic carbocycles. The van der Waals surface area contributed by atoms with Crippen LogP contribution in [0.2, 0.25) is 5.02 Å². The summed E-state index contributed by atoms with van der Waals surface area (Å²) >= 11 is 5.64. The maximum atomic E-state index is 12.9. The summed E-state index contributed by atoms with van der Waals surface area (Å²) in [6.07, 6.45) is 0.208. The Bertz CT molecular complexity index is 384. The minimum Gasteiger partial charge on any atom is -0.453 e. The predicted molar refractivity (Wildman–Crippen MR) is 60.1 cm³/mol. The van der Waals surface area contributed by atoms with Crippen LogP contribution in [0.25, 0.3) is 0 Å². The first kappa shape index (κ1) is 12.8. The van der Waals surface area contributed by atoms with E-state index in [2.05, 4.69) is 4.74 Å². The van der Waals surface area contributed by atoms with Gasteiger partial charge in [0.05, 0.1) is 12.1 Å². The molecule has 0 unspecified atom stereocenters. The van der Waals surface area contributed by atoms with Gasteiger partial charge in [-0.25, -0.2) is 9.18 Å². The SMILES string of the molecule is COC(=O)N(C)CCc1ccc(F)c(Cl)c1. The number of methoxy groups -OCH3 is 1. The summed E-state index contributed by atoms with van der Waals surface area (Å²) in [6.45, 7) is 0.495. The quantitative estimate of drug-likeness (QED) is 0.820. The molecule has 0 aliphatic rings. The van der Waals surface area contributed by atoms with Gasteiger partial charge in [0, 0.05) is 13.6 Å². The molecular weight excluding hydrogens is 233 g/mol. The Balaban J connectivity index is 2.55. The van der Waals surface area contributed by atoms with Crippen LogP contribution in [0.3, 0.4) is 0 Å². The number of ether oxygens (including phenoxy) is 1. The van der Waals surface area contributed by atoms with Crippen LogP contribution in [0, 0.1) is 5.82 Å². The van der Waals surface area contributed by atoms with Gasteiger partial charge in [0.2, 0.25) is 0 Å². The average Bonchev–Trinajstić information content (AvgIpc) is 2.29. The summed E-state index contributed by atoms with van der Waals surface area (Å²) in [5.74, 6) is -0.438. The molecule has 0 bridgehead atoms. The van der Waals surface area contributed by atoms with Crippen LogP contribution in [0.5, 0.6) is 0 Å². The van der Waals surface area contributed by atoms with Gasteiger partial charge in [-0.15, -0.1) is 0 Å². The number of hydrogen-bond acceptors (Lipinski definition) is 2. The minimum absolute atomic E-state index is 0.0956. The maximum absolute atomic E-state index is 12.9. The maximum Gasteiger partial charge on any atom is 0.409 e. The Labute approximate surface area is 98.8 Å². The van der Waals surface area contributed by atoms with Gasteiger partial charge in [0.1, 0.15) is 5.82 Å². The highest BCUT2D eigenvalue weighted by Gasteiger charge is 2.08. The molecule has 1 rings (SSSR count). The molecule has 0 heterocycles. The van der Waals surface area contributed by atoms with Crippen LogP contribution in [0.1, 0.15) is 5.56 Å². The molecule has 0 saturated carbocycles. The van der Waals surface area contributed by atoms with E-state index in [1.54, 1.807) is 19.2 Å². The lowest BCUT2D eigenvalue weighted by molar-refractivity contribution is 0.134. The van der Waals surface area contributed by atoms with Gasteiger partial charge in [-0.2, -0.15) is 0 Å². The van der Waals surface area contributed by atoms with Crippen molar-refractivity contribution in [2.75, 3.05) is 20.7 Å². The zero-order valence-corrected chi connectivity index (χ0v) is 9.92. The standard InChI is InChI=1S/C11H13ClFNO2/c1-14(11(15)16-2)6-5-8-3-4-10(13)9(12)7-8/h3-4,7H,5-6H2,1-2H3. The molecule has 0 aromatic heterocycles. The number of halogens is 2. The Kier molecular flexibility index (Phi) is 4.55. The van der Waals surface area contributed by atoms with Crippen LogP contribution in [-0.4, -0.2) is 31.7 Å². The van der Waals surface area contributed by atoms with Crippen molar-refractivity contribution in [2.24, 2.45) is 0 Å². The highest BCUT2D eigenvalue weighted by Crippen LogP contribution is 2.16. The fraction of sp³-hybridized carbons (Fsp3) is 0.364. The summed E-state index contributed by atoms with van der Waals surface area (Å²) in [5, 5.41) is 0.0956. The van der Waals surface area contributed by atoms with Gasteiger partial charge < -0.3 is 9.64 Å². The number of amides is 1. The van der Waals surface area contributed by atoms with Crippen LogP contribution in [0.4, 0.5) is 9.18 Å². The molecule has 0 fully saturated rings. The van der Waals surface area contributed by atoms with Crippen molar-refractivity contribution >= 4 is 17.7 Å². The highest BCUT2D eigenvalue weighted by atomic mass is 35.5. The number of likely N-dealkylation sites (N-methyl/N-ethyl adjacent to an activating group) is 1. The van der Waals surface area contributed by atoms with E-state index < -0.39 is 11.9 Å². The normalized spacial score (nSPS) is 10.0. The largest absolute Gasteiger partial charge is 0.453 e. The van der Waals surface area contributed by atoms with Gasteiger partial charge in [-0.05, 0) is 24.1 Å². The van der Waals surface area contributed by atoms with Crippen molar-refractivity contribution in [3.05, 3.63) is 34.6 Å². The zero-order chi connectivity index (χ0) is 12.1. The Morgan fingerprint density at radius 3 is 2.81 bits per heavy atom. The topological polar surface area (TPSA) is 29.5 Å². The number of benzene rings is 1. The smallest absolute Gasteiger partial charge is 0.409 e. The fourth-order valence-corrected chi connectivity index (χ4v) is 1.44. The van der Waals surface area contributed by atoms with Crippen molar-refractivity contribution in [2.45, 2.75) is 6.42 Å². The van der Waals surface area contributed by atoms with E-state index in [-0.39, 0.29) is 5.02 Å². The minimum atomic E-state index is -0.438. The lowest BCUT2D eigenvalue weighted by Crippen LogP contribution is -2.28. The zero-order valence-electron chi connectivity index (χ0n) is 9.17. The monoisotopic (exact) mass is 245 g/mol. The van der Waals surface area contributed by atoms with E-state index in [9.17, 15) is 9.18 Å². The average molecular weight is 246 g/mol. The number of hydrogen-bond donors (Lipinski definition) is 0. The summed E-state index contributed by atoms with van der Waals surface area (Å²) in [5.41, 5.74) is 0.877. The first-order valence-electron chi connectivity index (χ1n) is 4.77. The fourth-order valence-electron chi connectivity index (χ4n) is 1.24. The van der Waals surface area contributed by atoms with E-state index in [1.165, 1.54) is 18.1 Å². The molecule has 88 valence electrons. The summed E-state index contributed by atoms with van der Waals surface area (Å²) < 4.78 is 17.4. The lowest BCUT2D eigenvalue weighted by atomic mass is 10.1. The van der Waals surface area contributed by atoms with Gasteiger partial charge >= 0.3 is 6.09 Å². The van der Waals surface area contributed by atoms with Crippen LogP contribution < -0.4 is 0 Å². The third-order valence-corrected chi connectivity index (χ3v) is 2.50. The lowest BCUT2D eigenvalue weighted by Gasteiger charge is -2.15. The number of carbonyl (C=O) groups is 1. The third-order valence-electron chi connectivity index (χ3n) is 2.21. The second kappa shape index (κ2) is 5.70. The van der Waals surface area contributed by atoms with E-state index in [4.69, 9.17) is 11.6 Å². The highest BCUT2D eigenvalue weighted by molar-refractivity contribution is 6.30. The van der Waals surface area contributed by atoms with E-state index in [0.29, 0.717) is 13.0 Å².